The molecule has 0 atom stereocenters. The second-order valence-corrected chi connectivity index (χ2v) is 11.3. The van der Waals surface area contributed by atoms with E-state index >= 15 is 0 Å². The first-order chi connectivity index (χ1) is 16.7. The number of hydrogen-bond acceptors (Lipinski definition) is 3. The first kappa shape index (κ1) is 27.3. The van der Waals surface area contributed by atoms with Crippen molar-refractivity contribution in [3.8, 4) is 16.3 Å². The number of aryl methyl sites for hydroxylation is 3. The number of methoxy groups -OCH3 is 1. The highest BCUT2D eigenvalue weighted by atomic mass is 32.1. The number of aromatic nitrogens is 1. The van der Waals surface area contributed by atoms with E-state index in [0.717, 1.165) is 31.6 Å². The molecule has 35 heavy (non-hydrogen) atoms. The minimum atomic E-state index is 0.184. The largest absolute Gasteiger partial charge is 0.497 e. The average Bonchev–Trinajstić information content (AvgIpc) is 3.31. The minimum Gasteiger partial charge on any atom is -0.497 e. The van der Waals surface area contributed by atoms with E-state index < -0.39 is 0 Å². The number of carbonyl (C=O) groups is 1. The molecular formula is C30H44N2O2S. The SMILES string of the molecule is COc1ccc2c(c1)c(C)c(-c1scc(C)c1C(C)C)n2CCCCCCCCC(=O)NC(C)C. The molecule has 5 heteroatoms. The van der Waals surface area contributed by atoms with Gasteiger partial charge < -0.3 is 14.6 Å². The van der Waals surface area contributed by atoms with Crippen LogP contribution in [0.4, 0.5) is 0 Å². The molecule has 1 amide bonds. The number of thiophene rings is 1. The molecule has 1 N–H and O–H groups in total. The number of nitrogens with zero attached hydrogens (tertiary/aromatic N) is 1. The molecule has 0 bridgehead atoms. The molecule has 192 valence electrons. The van der Waals surface area contributed by atoms with E-state index in [1.54, 1.807) is 7.11 Å². The van der Waals surface area contributed by atoms with Crippen LogP contribution in [0.5, 0.6) is 5.75 Å². The van der Waals surface area contributed by atoms with Gasteiger partial charge in [-0.2, -0.15) is 0 Å². The summed E-state index contributed by atoms with van der Waals surface area (Å²) in [5, 5.41) is 6.58. The van der Waals surface area contributed by atoms with Crippen LogP contribution in [0.2, 0.25) is 0 Å². The third-order valence-corrected chi connectivity index (χ3v) is 7.94. The first-order valence-electron chi connectivity index (χ1n) is 13.3. The second-order valence-electron chi connectivity index (χ2n) is 10.4. The van der Waals surface area contributed by atoms with Crippen molar-refractivity contribution < 1.29 is 9.53 Å². The van der Waals surface area contributed by atoms with Crippen LogP contribution in [-0.4, -0.2) is 23.6 Å². The summed E-state index contributed by atoms with van der Waals surface area (Å²) in [6.07, 6.45) is 7.58. The Labute approximate surface area is 216 Å². The van der Waals surface area contributed by atoms with Crippen LogP contribution < -0.4 is 10.1 Å². The van der Waals surface area contributed by atoms with Crippen molar-refractivity contribution in [1.82, 2.24) is 9.88 Å². The van der Waals surface area contributed by atoms with Crippen molar-refractivity contribution >= 4 is 28.1 Å². The van der Waals surface area contributed by atoms with Gasteiger partial charge in [-0.05, 0) is 86.7 Å². The van der Waals surface area contributed by atoms with E-state index in [9.17, 15) is 4.79 Å². The predicted molar refractivity (Wildman–Crippen MR) is 151 cm³/mol. The molecule has 0 saturated heterocycles. The lowest BCUT2D eigenvalue weighted by atomic mass is 9.97. The number of amides is 1. The van der Waals surface area contributed by atoms with E-state index in [2.05, 4.69) is 61.2 Å². The molecule has 0 aliphatic rings. The van der Waals surface area contributed by atoms with Gasteiger partial charge in [0.25, 0.3) is 0 Å². The Morgan fingerprint density at radius 2 is 1.71 bits per heavy atom. The van der Waals surface area contributed by atoms with Crippen LogP contribution in [0.25, 0.3) is 21.5 Å². The zero-order valence-electron chi connectivity index (χ0n) is 22.8. The van der Waals surface area contributed by atoms with Gasteiger partial charge in [0.15, 0.2) is 0 Å². The van der Waals surface area contributed by atoms with E-state index in [1.165, 1.54) is 57.4 Å². The summed E-state index contributed by atoms with van der Waals surface area (Å²) in [6, 6.07) is 6.73. The molecule has 3 aromatic rings. The fourth-order valence-electron chi connectivity index (χ4n) is 5.16. The fraction of sp³-hybridized carbons (Fsp3) is 0.567. The molecule has 2 heterocycles. The van der Waals surface area contributed by atoms with Gasteiger partial charge in [-0.15, -0.1) is 11.3 Å². The number of unbranched alkanes of at least 4 members (excludes halogenated alkanes) is 5. The van der Waals surface area contributed by atoms with Crippen molar-refractivity contribution in [3.63, 3.8) is 0 Å². The van der Waals surface area contributed by atoms with Gasteiger partial charge in [0.05, 0.1) is 17.7 Å². The van der Waals surface area contributed by atoms with Crippen molar-refractivity contribution in [3.05, 3.63) is 40.3 Å². The molecule has 0 unspecified atom stereocenters. The number of benzene rings is 1. The number of hydrogen-bond donors (Lipinski definition) is 1. The maximum Gasteiger partial charge on any atom is 0.220 e. The molecular weight excluding hydrogens is 452 g/mol. The molecule has 4 nitrogen and oxygen atoms in total. The van der Waals surface area contributed by atoms with Gasteiger partial charge in [0.1, 0.15) is 5.75 Å². The predicted octanol–water partition coefficient (Wildman–Crippen LogP) is 8.37. The highest BCUT2D eigenvalue weighted by molar-refractivity contribution is 7.14. The van der Waals surface area contributed by atoms with Crippen molar-refractivity contribution in [2.45, 2.75) is 105 Å². The van der Waals surface area contributed by atoms with Crippen LogP contribution in [0.1, 0.15) is 95.2 Å². The summed E-state index contributed by atoms with van der Waals surface area (Å²) in [5.74, 6) is 1.60. The molecule has 0 saturated carbocycles. The standard InChI is InChI=1S/C30H44N2O2S/c1-20(2)28-22(5)19-35-30(28)29-23(6)25-18-24(34-7)15-16-26(25)32(29)17-13-11-9-8-10-12-14-27(33)31-21(3)4/h15-16,18-21H,8-14,17H2,1-7H3,(H,31,33). The summed E-state index contributed by atoms with van der Waals surface area (Å²) >= 11 is 1.88. The summed E-state index contributed by atoms with van der Waals surface area (Å²) < 4.78 is 8.10. The lowest BCUT2D eigenvalue weighted by molar-refractivity contribution is -0.121. The maximum atomic E-state index is 11.8. The molecule has 2 aromatic heterocycles. The summed E-state index contributed by atoms with van der Waals surface area (Å²) in [4.78, 5) is 13.2. The lowest BCUT2D eigenvalue weighted by Gasteiger charge is -2.15. The van der Waals surface area contributed by atoms with Gasteiger partial charge in [-0.3, -0.25) is 4.79 Å². The molecule has 0 aliphatic carbocycles. The second kappa shape index (κ2) is 12.6. The van der Waals surface area contributed by atoms with Crippen LogP contribution >= 0.6 is 11.3 Å². The zero-order chi connectivity index (χ0) is 25.5. The van der Waals surface area contributed by atoms with E-state index in [0.29, 0.717) is 12.3 Å². The van der Waals surface area contributed by atoms with Gasteiger partial charge >= 0.3 is 0 Å². The van der Waals surface area contributed by atoms with E-state index in [1.807, 2.05) is 25.2 Å². The first-order valence-corrected chi connectivity index (χ1v) is 14.2. The van der Waals surface area contributed by atoms with Gasteiger partial charge in [0.2, 0.25) is 5.91 Å². The highest BCUT2D eigenvalue weighted by Crippen LogP contribution is 2.43. The van der Waals surface area contributed by atoms with E-state index in [-0.39, 0.29) is 11.9 Å². The molecule has 1 aromatic carbocycles. The van der Waals surface area contributed by atoms with Crippen molar-refractivity contribution in [2.24, 2.45) is 0 Å². The number of ether oxygens (including phenoxy) is 1. The van der Waals surface area contributed by atoms with E-state index in [4.69, 9.17) is 4.74 Å². The number of nitrogens with one attached hydrogen (secondary N) is 1. The fourth-order valence-corrected chi connectivity index (χ4v) is 6.48. The third kappa shape index (κ3) is 6.69. The third-order valence-electron chi connectivity index (χ3n) is 6.82. The lowest BCUT2D eigenvalue weighted by Crippen LogP contribution is -2.29. The maximum absolute atomic E-state index is 11.8. The van der Waals surface area contributed by atoms with Crippen LogP contribution in [-0.2, 0) is 11.3 Å². The van der Waals surface area contributed by atoms with Crippen molar-refractivity contribution in [1.29, 1.82) is 0 Å². The normalized spacial score (nSPS) is 11.7. The van der Waals surface area contributed by atoms with Crippen LogP contribution in [0.15, 0.2) is 23.6 Å². The Morgan fingerprint density at radius 1 is 1.03 bits per heavy atom. The molecule has 3 rings (SSSR count). The van der Waals surface area contributed by atoms with Crippen LogP contribution in [0, 0.1) is 13.8 Å². The Hall–Kier alpha value is -2.27. The minimum absolute atomic E-state index is 0.184. The molecule has 0 aliphatic heterocycles. The Morgan fingerprint density at radius 3 is 2.37 bits per heavy atom. The Bertz CT molecular complexity index is 1120. The topological polar surface area (TPSA) is 43.3 Å². The quantitative estimate of drug-likeness (QED) is 0.242. The van der Waals surface area contributed by atoms with Crippen LogP contribution in [0.3, 0.4) is 0 Å². The van der Waals surface area contributed by atoms with Gasteiger partial charge in [-0.25, -0.2) is 0 Å². The molecule has 0 radical (unpaired) electrons. The smallest absolute Gasteiger partial charge is 0.220 e. The Kier molecular flexibility index (Phi) is 9.85. The summed E-state index contributed by atoms with van der Waals surface area (Å²) in [5.41, 5.74) is 6.91. The Balaban J connectivity index is 1.70. The average molecular weight is 497 g/mol. The zero-order valence-corrected chi connectivity index (χ0v) is 23.6. The number of carbonyl (C=O) groups excluding carboxylic acids is 1. The highest BCUT2D eigenvalue weighted by Gasteiger charge is 2.22. The molecule has 0 spiro atoms. The number of fused-ring (bicyclic) bond motifs is 1. The van der Waals surface area contributed by atoms with Crippen molar-refractivity contribution in [2.75, 3.05) is 7.11 Å². The van der Waals surface area contributed by atoms with Gasteiger partial charge in [0, 0.05) is 29.9 Å². The number of rotatable bonds is 13. The summed E-state index contributed by atoms with van der Waals surface area (Å²) in [7, 11) is 1.74. The summed E-state index contributed by atoms with van der Waals surface area (Å²) in [6.45, 7) is 14.2. The molecule has 0 fully saturated rings. The monoisotopic (exact) mass is 496 g/mol. The van der Waals surface area contributed by atoms with Gasteiger partial charge in [-0.1, -0.05) is 39.5 Å².